The van der Waals surface area contributed by atoms with Crippen molar-refractivity contribution in [3.8, 4) is 0 Å². The Morgan fingerprint density at radius 2 is 2.10 bits per heavy atom. The van der Waals surface area contributed by atoms with Gasteiger partial charge in [0.15, 0.2) is 0 Å². The summed E-state index contributed by atoms with van der Waals surface area (Å²) in [5.41, 5.74) is 9.64. The molecule has 0 radical (unpaired) electrons. The standard InChI is InChI=1S/C16H22N4O/c1-11-8-9-14(12(2)10-11)19-16(21)20-15(17)18-13-6-4-3-5-7-13/h6,8-10H,3-5,7H2,1-2H3,(H4,17,18,19,20,21). The molecule has 112 valence electrons. The Balaban J connectivity index is 1.94. The lowest BCUT2D eigenvalue weighted by atomic mass is 10.1. The van der Waals surface area contributed by atoms with Crippen LogP contribution in [0, 0.1) is 13.8 Å². The fourth-order valence-corrected chi connectivity index (χ4v) is 2.33. The van der Waals surface area contributed by atoms with E-state index in [9.17, 15) is 4.79 Å². The quantitative estimate of drug-likeness (QED) is 0.576. The lowest BCUT2D eigenvalue weighted by Crippen LogP contribution is -2.39. The fourth-order valence-electron chi connectivity index (χ4n) is 2.33. The number of rotatable bonds is 2. The number of hydrogen-bond donors (Lipinski definition) is 3. The van der Waals surface area contributed by atoms with Crippen LogP contribution < -0.4 is 16.4 Å². The number of nitrogens with one attached hydrogen (secondary N) is 2. The minimum absolute atomic E-state index is 0.130. The number of carbonyl (C=O) groups is 1. The van der Waals surface area contributed by atoms with Gasteiger partial charge < -0.3 is 11.1 Å². The number of nitrogens with zero attached hydrogens (tertiary/aromatic N) is 1. The number of nitrogens with two attached hydrogens (primary N) is 1. The van der Waals surface area contributed by atoms with Crippen molar-refractivity contribution in [2.45, 2.75) is 39.5 Å². The molecule has 2 amide bonds. The van der Waals surface area contributed by atoms with Crippen molar-refractivity contribution in [3.05, 3.63) is 41.1 Å². The summed E-state index contributed by atoms with van der Waals surface area (Å²) in [7, 11) is 0. The molecule has 0 bridgehead atoms. The molecule has 0 fully saturated rings. The summed E-state index contributed by atoms with van der Waals surface area (Å²) in [5, 5.41) is 5.33. The lowest BCUT2D eigenvalue weighted by molar-refractivity contribution is 0.256. The second-order valence-corrected chi connectivity index (χ2v) is 5.34. The Bertz CT molecular complexity index is 590. The molecule has 1 aliphatic rings. The summed E-state index contributed by atoms with van der Waals surface area (Å²) in [5.74, 6) is 0.130. The van der Waals surface area contributed by atoms with Crippen LogP contribution in [0.2, 0.25) is 0 Å². The second kappa shape index (κ2) is 6.92. The third-order valence-corrected chi connectivity index (χ3v) is 3.40. The lowest BCUT2D eigenvalue weighted by Gasteiger charge is -2.12. The van der Waals surface area contributed by atoms with Crippen molar-refractivity contribution in [2.24, 2.45) is 10.7 Å². The van der Waals surface area contributed by atoms with Gasteiger partial charge in [-0.2, -0.15) is 0 Å². The van der Waals surface area contributed by atoms with Crippen molar-refractivity contribution in [3.63, 3.8) is 0 Å². The molecule has 5 nitrogen and oxygen atoms in total. The van der Waals surface area contributed by atoms with Gasteiger partial charge in [0, 0.05) is 11.4 Å². The van der Waals surface area contributed by atoms with Crippen LogP contribution in [0.1, 0.15) is 36.8 Å². The Morgan fingerprint density at radius 1 is 1.29 bits per heavy atom. The highest BCUT2D eigenvalue weighted by Gasteiger charge is 2.07. The molecule has 0 spiro atoms. The second-order valence-electron chi connectivity index (χ2n) is 5.34. The molecule has 21 heavy (non-hydrogen) atoms. The number of amides is 2. The molecule has 0 unspecified atom stereocenters. The number of guanidine groups is 1. The number of urea groups is 1. The van der Waals surface area contributed by atoms with E-state index in [0.717, 1.165) is 41.8 Å². The fraction of sp³-hybridized carbons (Fsp3) is 0.375. The molecule has 1 aromatic carbocycles. The van der Waals surface area contributed by atoms with E-state index in [1.54, 1.807) is 0 Å². The zero-order chi connectivity index (χ0) is 15.2. The normalized spacial score (nSPS) is 15.3. The number of allylic oxidation sites excluding steroid dienone is 2. The first-order chi connectivity index (χ1) is 10.0. The van der Waals surface area contributed by atoms with E-state index in [2.05, 4.69) is 21.7 Å². The summed E-state index contributed by atoms with van der Waals surface area (Å²) in [4.78, 5) is 16.1. The van der Waals surface area contributed by atoms with Gasteiger partial charge in [-0.15, -0.1) is 0 Å². The molecule has 0 saturated carbocycles. The summed E-state index contributed by atoms with van der Waals surface area (Å²) in [6, 6.07) is 5.47. The van der Waals surface area contributed by atoms with Gasteiger partial charge in [-0.05, 0) is 51.2 Å². The predicted octanol–water partition coefficient (Wildman–Crippen LogP) is 3.20. The number of benzene rings is 1. The number of aryl methyl sites for hydroxylation is 2. The highest BCUT2D eigenvalue weighted by atomic mass is 16.2. The Hall–Kier alpha value is -2.30. The molecule has 4 N–H and O–H groups in total. The van der Waals surface area contributed by atoms with Crippen LogP contribution in [0.15, 0.2) is 35.0 Å². The molecular weight excluding hydrogens is 264 g/mol. The van der Waals surface area contributed by atoms with Crippen LogP contribution in [-0.2, 0) is 0 Å². The summed E-state index contributed by atoms with van der Waals surface area (Å²) >= 11 is 0. The van der Waals surface area contributed by atoms with Gasteiger partial charge >= 0.3 is 6.03 Å². The van der Waals surface area contributed by atoms with E-state index in [1.165, 1.54) is 6.42 Å². The molecule has 1 aliphatic carbocycles. The molecular formula is C16H22N4O. The highest BCUT2D eigenvalue weighted by Crippen LogP contribution is 2.18. The summed E-state index contributed by atoms with van der Waals surface area (Å²) in [6.45, 7) is 3.96. The minimum Gasteiger partial charge on any atom is -0.369 e. The average molecular weight is 286 g/mol. The third kappa shape index (κ3) is 4.63. The first kappa shape index (κ1) is 15.1. The summed E-state index contributed by atoms with van der Waals surface area (Å²) < 4.78 is 0. The van der Waals surface area contributed by atoms with Gasteiger partial charge in [0.25, 0.3) is 0 Å². The smallest absolute Gasteiger partial charge is 0.326 e. The van der Waals surface area contributed by atoms with E-state index >= 15 is 0 Å². The SMILES string of the molecule is Cc1ccc(NC(=O)NC(N)=NC2=CCCCC2)c(C)c1. The van der Waals surface area contributed by atoms with Crippen molar-refractivity contribution in [2.75, 3.05) is 5.32 Å². The first-order valence-corrected chi connectivity index (χ1v) is 7.23. The molecule has 1 aromatic rings. The van der Waals surface area contributed by atoms with Gasteiger partial charge in [0.2, 0.25) is 5.96 Å². The monoisotopic (exact) mass is 286 g/mol. The Morgan fingerprint density at radius 3 is 2.76 bits per heavy atom. The summed E-state index contributed by atoms with van der Waals surface area (Å²) in [6.07, 6.45) is 6.33. The van der Waals surface area contributed by atoms with E-state index < -0.39 is 0 Å². The maximum atomic E-state index is 11.9. The largest absolute Gasteiger partial charge is 0.369 e. The van der Waals surface area contributed by atoms with Crippen LogP contribution in [-0.4, -0.2) is 12.0 Å². The molecule has 0 atom stereocenters. The zero-order valence-corrected chi connectivity index (χ0v) is 12.6. The predicted molar refractivity (Wildman–Crippen MR) is 86.2 cm³/mol. The van der Waals surface area contributed by atoms with Crippen molar-refractivity contribution in [1.29, 1.82) is 0 Å². The van der Waals surface area contributed by atoms with E-state index in [0.29, 0.717) is 0 Å². The molecule has 5 heteroatoms. The zero-order valence-electron chi connectivity index (χ0n) is 12.6. The molecule has 0 saturated heterocycles. The van der Waals surface area contributed by atoms with Gasteiger partial charge in [-0.25, -0.2) is 9.79 Å². The molecule has 2 rings (SSSR count). The Kier molecular flexibility index (Phi) is 4.98. The van der Waals surface area contributed by atoms with Gasteiger partial charge in [0.1, 0.15) is 0 Å². The molecule has 0 heterocycles. The topological polar surface area (TPSA) is 79.5 Å². The van der Waals surface area contributed by atoms with E-state index in [-0.39, 0.29) is 12.0 Å². The van der Waals surface area contributed by atoms with Crippen LogP contribution in [0.5, 0.6) is 0 Å². The van der Waals surface area contributed by atoms with Gasteiger partial charge in [-0.1, -0.05) is 23.8 Å². The maximum Gasteiger partial charge on any atom is 0.326 e. The minimum atomic E-state index is -0.375. The van der Waals surface area contributed by atoms with Crippen molar-refractivity contribution < 1.29 is 4.79 Å². The highest BCUT2D eigenvalue weighted by molar-refractivity contribution is 6.02. The van der Waals surface area contributed by atoms with E-state index in [4.69, 9.17) is 5.73 Å². The molecule has 0 aliphatic heterocycles. The van der Waals surface area contributed by atoms with Crippen molar-refractivity contribution >= 4 is 17.7 Å². The third-order valence-electron chi connectivity index (χ3n) is 3.40. The van der Waals surface area contributed by atoms with E-state index in [1.807, 2.05) is 32.0 Å². The van der Waals surface area contributed by atoms with Gasteiger partial charge in [0.05, 0.1) is 0 Å². The first-order valence-electron chi connectivity index (χ1n) is 7.23. The van der Waals surface area contributed by atoms with Crippen LogP contribution in [0.4, 0.5) is 10.5 Å². The molecule has 0 aromatic heterocycles. The number of anilines is 1. The number of carbonyl (C=O) groups excluding carboxylic acids is 1. The number of aliphatic imine (C=N–C) groups is 1. The maximum absolute atomic E-state index is 11.9. The number of hydrogen-bond acceptors (Lipinski definition) is 2. The van der Waals surface area contributed by atoms with Gasteiger partial charge in [-0.3, -0.25) is 5.32 Å². The van der Waals surface area contributed by atoms with Crippen molar-refractivity contribution in [1.82, 2.24) is 5.32 Å². The van der Waals surface area contributed by atoms with Crippen LogP contribution >= 0.6 is 0 Å². The van der Waals surface area contributed by atoms with Crippen LogP contribution in [0.25, 0.3) is 0 Å². The average Bonchev–Trinajstić information content (AvgIpc) is 2.43. The Labute approximate surface area is 125 Å². The van der Waals surface area contributed by atoms with Crippen LogP contribution in [0.3, 0.4) is 0 Å².